The van der Waals surface area contributed by atoms with E-state index in [2.05, 4.69) is 0 Å². The van der Waals surface area contributed by atoms with Crippen LogP contribution in [0.3, 0.4) is 0 Å². The van der Waals surface area contributed by atoms with Crippen LogP contribution in [0.15, 0.2) is 30.3 Å². The molecule has 1 unspecified atom stereocenters. The SMILES string of the molecule is COc1ccc(F)cc1C(C)(N)c1cc(F)c(Cl)cc1Cl. The highest BCUT2D eigenvalue weighted by molar-refractivity contribution is 6.35. The Balaban J connectivity index is 2.67. The Kier molecular flexibility index (Phi) is 4.42. The molecule has 0 saturated carbocycles. The van der Waals surface area contributed by atoms with Crippen molar-refractivity contribution in [1.29, 1.82) is 0 Å². The Morgan fingerprint density at radius 2 is 1.71 bits per heavy atom. The van der Waals surface area contributed by atoms with E-state index in [-0.39, 0.29) is 15.6 Å². The van der Waals surface area contributed by atoms with E-state index in [1.165, 1.54) is 31.4 Å². The summed E-state index contributed by atoms with van der Waals surface area (Å²) in [7, 11) is 1.44. The van der Waals surface area contributed by atoms with Gasteiger partial charge in [-0.05, 0) is 42.8 Å². The molecule has 0 radical (unpaired) electrons. The first-order chi connectivity index (χ1) is 9.77. The number of methoxy groups -OCH3 is 1. The van der Waals surface area contributed by atoms with E-state index in [0.29, 0.717) is 11.3 Å². The highest BCUT2D eigenvalue weighted by atomic mass is 35.5. The minimum absolute atomic E-state index is 0.106. The number of halogens is 4. The number of rotatable bonds is 3. The summed E-state index contributed by atoms with van der Waals surface area (Å²) in [5.41, 5.74) is 5.67. The number of hydrogen-bond donors (Lipinski definition) is 1. The molecule has 0 saturated heterocycles. The average molecular weight is 332 g/mol. The van der Waals surface area contributed by atoms with Gasteiger partial charge in [-0.15, -0.1) is 0 Å². The van der Waals surface area contributed by atoms with Gasteiger partial charge in [-0.2, -0.15) is 0 Å². The summed E-state index contributed by atoms with van der Waals surface area (Å²) in [4.78, 5) is 0. The van der Waals surface area contributed by atoms with Gasteiger partial charge in [0.2, 0.25) is 0 Å². The molecule has 0 aromatic heterocycles. The van der Waals surface area contributed by atoms with E-state index in [4.69, 9.17) is 33.7 Å². The van der Waals surface area contributed by atoms with Crippen LogP contribution >= 0.6 is 23.2 Å². The van der Waals surface area contributed by atoms with E-state index in [0.717, 1.165) is 6.07 Å². The maximum absolute atomic E-state index is 13.7. The summed E-state index contributed by atoms with van der Waals surface area (Å²) in [6, 6.07) is 6.36. The predicted molar refractivity (Wildman–Crippen MR) is 80.0 cm³/mol. The lowest BCUT2D eigenvalue weighted by Crippen LogP contribution is -2.35. The first-order valence-electron chi connectivity index (χ1n) is 6.05. The van der Waals surface area contributed by atoms with E-state index in [1.54, 1.807) is 6.92 Å². The quantitative estimate of drug-likeness (QED) is 0.840. The van der Waals surface area contributed by atoms with Crippen LogP contribution in [0, 0.1) is 11.6 Å². The van der Waals surface area contributed by atoms with Gasteiger partial charge < -0.3 is 10.5 Å². The lowest BCUT2D eigenvalue weighted by atomic mass is 9.85. The molecule has 2 aromatic carbocycles. The lowest BCUT2D eigenvalue weighted by Gasteiger charge is -2.28. The molecule has 6 heteroatoms. The molecule has 0 aliphatic rings. The van der Waals surface area contributed by atoms with Gasteiger partial charge in [0.1, 0.15) is 17.4 Å². The van der Waals surface area contributed by atoms with Crippen molar-refractivity contribution in [3.63, 3.8) is 0 Å². The molecule has 0 bridgehead atoms. The fourth-order valence-electron chi connectivity index (χ4n) is 2.15. The highest BCUT2D eigenvalue weighted by Crippen LogP contribution is 2.38. The Hall–Kier alpha value is -1.36. The molecule has 2 nitrogen and oxygen atoms in total. The van der Waals surface area contributed by atoms with Crippen LogP contribution in [0.5, 0.6) is 5.75 Å². The van der Waals surface area contributed by atoms with Crippen LogP contribution in [0.25, 0.3) is 0 Å². The first kappa shape index (κ1) is 16.0. The van der Waals surface area contributed by atoms with E-state index < -0.39 is 17.2 Å². The van der Waals surface area contributed by atoms with Gasteiger partial charge in [0.25, 0.3) is 0 Å². The number of nitrogens with two attached hydrogens (primary N) is 1. The van der Waals surface area contributed by atoms with Gasteiger partial charge in [-0.25, -0.2) is 8.78 Å². The fourth-order valence-corrected chi connectivity index (χ4v) is 2.73. The lowest BCUT2D eigenvalue weighted by molar-refractivity contribution is 0.396. The second-order valence-corrected chi connectivity index (χ2v) is 5.61. The third-order valence-electron chi connectivity index (χ3n) is 3.29. The van der Waals surface area contributed by atoms with Gasteiger partial charge in [-0.1, -0.05) is 23.2 Å². The van der Waals surface area contributed by atoms with Crippen LogP contribution in [0.2, 0.25) is 10.0 Å². The van der Waals surface area contributed by atoms with E-state index in [9.17, 15) is 8.78 Å². The number of hydrogen-bond acceptors (Lipinski definition) is 2. The zero-order chi connectivity index (χ0) is 15.8. The Bertz CT molecular complexity index is 690. The molecule has 2 N–H and O–H groups in total. The molecule has 2 rings (SSSR count). The number of benzene rings is 2. The normalized spacial score (nSPS) is 13.9. The van der Waals surface area contributed by atoms with Gasteiger partial charge in [0.15, 0.2) is 0 Å². The Morgan fingerprint density at radius 1 is 1.05 bits per heavy atom. The minimum Gasteiger partial charge on any atom is -0.496 e. The van der Waals surface area contributed by atoms with Crippen LogP contribution in [0.1, 0.15) is 18.1 Å². The summed E-state index contributed by atoms with van der Waals surface area (Å²) >= 11 is 11.8. The first-order valence-corrected chi connectivity index (χ1v) is 6.81. The third kappa shape index (κ3) is 2.98. The molecule has 0 amide bonds. The van der Waals surface area contributed by atoms with Crippen molar-refractivity contribution in [3.8, 4) is 5.75 Å². The zero-order valence-electron chi connectivity index (χ0n) is 11.4. The zero-order valence-corrected chi connectivity index (χ0v) is 12.9. The molecule has 2 aromatic rings. The van der Waals surface area contributed by atoms with E-state index >= 15 is 0 Å². The second kappa shape index (κ2) is 5.79. The van der Waals surface area contributed by atoms with Gasteiger partial charge in [-0.3, -0.25) is 0 Å². The average Bonchev–Trinajstić information content (AvgIpc) is 2.42. The van der Waals surface area contributed by atoms with Crippen molar-refractivity contribution >= 4 is 23.2 Å². The molecule has 112 valence electrons. The Labute approximate surface area is 131 Å². The van der Waals surface area contributed by atoms with Crippen molar-refractivity contribution < 1.29 is 13.5 Å². The van der Waals surface area contributed by atoms with Crippen LogP contribution in [0.4, 0.5) is 8.78 Å². The molecular formula is C15H13Cl2F2NO. The summed E-state index contributed by atoms with van der Waals surface area (Å²) < 4.78 is 32.4. The standard InChI is InChI=1S/C15H13Cl2F2NO/c1-15(20,9-6-13(19)12(17)7-11(9)16)10-5-8(18)3-4-14(10)21-2/h3-7H,20H2,1-2H3. The van der Waals surface area contributed by atoms with Gasteiger partial charge in [0, 0.05) is 10.6 Å². The Morgan fingerprint density at radius 3 is 2.33 bits per heavy atom. The van der Waals surface area contributed by atoms with Crippen molar-refractivity contribution in [3.05, 3.63) is 63.1 Å². The third-order valence-corrected chi connectivity index (χ3v) is 3.89. The number of ether oxygens (including phenoxy) is 1. The molecule has 0 fully saturated rings. The topological polar surface area (TPSA) is 35.2 Å². The summed E-state index contributed by atoms with van der Waals surface area (Å²) in [5.74, 6) is -0.746. The summed E-state index contributed by atoms with van der Waals surface area (Å²) in [6.45, 7) is 1.60. The minimum atomic E-state index is -1.25. The maximum Gasteiger partial charge on any atom is 0.142 e. The van der Waals surface area contributed by atoms with E-state index in [1.807, 2.05) is 0 Å². The fraction of sp³-hybridized carbons (Fsp3) is 0.200. The molecule has 0 spiro atoms. The smallest absolute Gasteiger partial charge is 0.142 e. The van der Waals surface area contributed by atoms with Crippen molar-refractivity contribution in [1.82, 2.24) is 0 Å². The largest absolute Gasteiger partial charge is 0.496 e. The van der Waals surface area contributed by atoms with Crippen molar-refractivity contribution in [2.75, 3.05) is 7.11 Å². The summed E-state index contributed by atoms with van der Waals surface area (Å²) in [6.07, 6.45) is 0. The molecule has 0 heterocycles. The highest BCUT2D eigenvalue weighted by Gasteiger charge is 2.31. The maximum atomic E-state index is 13.7. The van der Waals surface area contributed by atoms with Gasteiger partial charge >= 0.3 is 0 Å². The molecule has 0 aliphatic heterocycles. The summed E-state index contributed by atoms with van der Waals surface area (Å²) in [5, 5.41) is 0.0865. The van der Waals surface area contributed by atoms with Crippen molar-refractivity contribution in [2.45, 2.75) is 12.5 Å². The van der Waals surface area contributed by atoms with Crippen LogP contribution in [-0.4, -0.2) is 7.11 Å². The van der Waals surface area contributed by atoms with Crippen molar-refractivity contribution in [2.24, 2.45) is 5.73 Å². The molecule has 1 atom stereocenters. The molecular weight excluding hydrogens is 319 g/mol. The second-order valence-electron chi connectivity index (χ2n) is 4.79. The van der Waals surface area contributed by atoms with Gasteiger partial charge in [0.05, 0.1) is 17.7 Å². The molecule has 21 heavy (non-hydrogen) atoms. The molecule has 0 aliphatic carbocycles. The monoisotopic (exact) mass is 331 g/mol. The van der Waals surface area contributed by atoms with Crippen LogP contribution < -0.4 is 10.5 Å². The predicted octanol–water partition coefficient (Wildman–Crippen LogP) is 4.50. The van der Waals surface area contributed by atoms with Crippen LogP contribution in [-0.2, 0) is 5.54 Å².